The van der Waals surface area contributed by atoms with Gasteiger partial charge in [0.05, 0.1) is 11.5 Å². The minimum absolute atomic E-state index is 0.294. The van der Waals surface area contributed by atoms with Crippen LogP contribution in [0.2, 0.25) is 0 Å². The molecular weight excluding hydrogens is 352 g/mol. The molecule has 2 unspecified atom stereocenters. The first kappa shape index (κ1) is 18.9. The van der Waals surface area contributed by atoms with Crippen molar-refractivity contribution in [2.24, 2.45) is 5.92 Å². The Kier molecular flexibility index (Phi) is 4.71. The Morgan fingerprint density at radius 1 is 1.15 bits per heavy atom. The molecule has 1 aromatic heterocycles. The van der Waals surface area contributed by atoms with Crippen molar-refractivity contribution in [1.29, 1.82) is 0 Å². The monoisotopic (exact) mass is 374 g/mol. The normalized spacial score (nSPS) is 18.9. The predicted molar refractivity (Wildman–Crippen MR) is 96.4 cm³/mol. The van der Waals surface area contributed by atoms with Crippen LogP contribution in [0.4, 0.5) is 0 Å². The van der Waals surface area contributed by atoms with Crippen LogP contribution in [0.1, 0.15) is 46.3 Å². The van der Waals surface area contributed by atoms with Gasteiger partial charge in [-0.1, -0.05) is 13.8 Å². The third-order valence-corrected chi connectivity index (χ3v) is 4.41. The summed E-state index contributed by atoms with van der Waals surface area (Å²) in [4.78, 5) is 35.6. The molecule has 0 N–H and O–H groups in total. The lowest BCUT2D eigenvalue weighted by Gasteiger charge is -2.33. The standard InChI is InChI=1S/C20H22O7/c1-10(2)19(23)26-17-15-13(24-18(17)20(4,5)27-11(3)21)8-6-12-7-9-14(22)25-16(12)15/h6-10,17-18H,1-5H3. The second-order valence-electron chi connectivity index (χ2n) is 7.40. The molecule has 0 fully saturated rings. The van der Waals surface area contributed by atoms with Crippen LogP contribution in [0.15, 0.2) is 33.5 Å². The first-order valence-electron chi connectivity index (χ1n) is 8.73. The van der Waals surface area contributed by atoms with Gasteiger partial charge in [0.25, 0.3) is 0 Å². The van der Waals surface area contributed by atoms with E-state index in [1.807, 2.05) is 0 Å². The Hall–Kier alpha value is -2.83. The van der Waals surface area contributed by atoms with Crippen molar-refractivity contribution in [2.45, 2.75) is 52.4 Å². The number of carbonyl (C=O) groups is 2. The predicted octanol–water partition coefficient (Wildman–Crippen LogP) is 3.14. The average Bonchev–Trinajstić information content (AvgIpc) is 2.93. The molecule has 27 heavy (non-hydrogen) atoms. The van der Waals surface area contributed by atoms with Crippen LogP contribution in [0.5, 0.6) is 5.75 Å². The molecule has 0 saturated carbocycles. The highest BCUT2D eigenvalue weighted by molar-refractivity contribution is 5.84. The van der Waals surface area contributed by atoms with E-state index < -0.39 is 35.4 Å². The number of ether oxygens (including phenoxy) is 3. The molecule has 1 aromatic carbocycles. The minimum atomic E-state index is -1.09. The summed E-state index contributed by atoms with van der Waals surface area (Å²) >= 11 is 0. The summed E-state index contributed by atoms with van der Waals surface area (Å²) < 4.78 is 22.5. The summed E-state index contributed by atoms with van der Waals surface area (Å²) in [5.74, 6) is -0.864. The summed E-state index contributed by atoms with van der Waals surface area (Å²) in [5.41, 5.74) is -0.853. The maximum absolute atomic E-state index is 12.3. The van der Waals surface area contributed by atoms with Crippen LogP contribution >= 0.6 is 0 Å². The maximum Gasteiger partial charge on any atom is 0.336 e. The quantitative estimate of drug-likeness (QED) is 0.599. The fourth-order valence-corrected chi connectivity index (χ4v) is 3.17. The van der Waals surface area contributed by atoms with Gasteiger partial charge in [-0.05, 0) is 32.0 Å². The number of fused-ring (bicyclic) bond motifs is 3. The second-order valence-corrected chi connectivity index (χ2v) is 7.40. The molecule has 2 aromatic rings. The van der Waals surface area contributed by atoms with Crippen molar-refractivity contribution in [3.05, 3.63) is 40.2 Å². The molecule has 7 heteroatoms. The summed E-state index contributed by atoms with van der Waals surface area (Å²) in [5, 5.41) is 0.675. The zero-order chi connectivity index (χ0) is 19.9. The van der Waals surface area contributed by atoms with E-state index in [1.165, 1.54) is 13.0 Å². The number of hydrogen-bond donors (Lipinski definition) is 0. The van der Waals surface area contributed by atoms with Crippen LogP contribution in [0.3, 0.4) is 0 Å². The smallest absolute Gasteiger partial charge is 0.336 e. The van der Waals surface area contributed by atoms with Crippen molar-refractivity contribution in [2.75, 3.05) is 0 Å². The Labute approximate surface area is 156 Å². The van der Waals surface area contributed by atoms with Gasteiger partial charge in [-0.2, -0.15) is 0 Å². The molecule has 0 aliphatic carbocycles. The van der Waals surface area contributed by atoms with E-state index in [-0.39, 0.29) is 5.92 Å². The molecular formula is C20H22O7. The minimum Gasteiger partial charge on any atom is -0.481 e. The molecule has 1 aliphatic heterocycles. The van der Waals surface area contributed by atoms with Gasteiger partial charge in [-0.15, -0.1) is 0 Å². The summed E-state index contributed by atoms with van der Waals surface area (Å²) in [6, 6.07) is 6.42. The third kappa shape index (κ3) is 3.54. The molecule has 2 heterocycles. The topological polar surface area (TPSA) is 92.0 Å². The zero-order valence-corrected chi connectivity index (χ0v) is 15.9. The van der Waals surface area contributed by atoms with E-state index in [1.54, 1.807) is 45.9 Å². The highest BCUT2D eigenvalue weighted by Crippen LogP contribution is 2.47. The summed E-state index contributed by atoms with van der Waals surface area (Å²) in [6.45, 7) is 8.09. The number of benzene rings is 1. The van der Waals surface area contributed by atoms with Crippen LogP contribution in [-0.2, 0) is 19.1 Å². The maximum atomic E-state index is 12.3. The van der Waals surface area contributed by atoms with Crippen molar-refractivity contribution in [3.63, 3.8) is 0 Å². The van der Waals surface area contributed by atoms with E-state index in [2.05, 4.69) is 0 Å². The average molecular weight is 374 g/mol. The summed E-state index contributed by atoms with van der Waals surface area (Å²) in [7, 11) is 0. The van der Waals surface area contributed by atoms with Crippen LogP contribution in [-0.4, -0.2) is 23.6 Å². The SMILES string of the molecule is CC(=O)OC(C)(C)C1Oc2ccc3ccc(=O)oc3c2C1OC(=O)C(C)C. The number of hydrogen-bond acceptors (Lipinski definition) is 7. The Bertz CT molecular complexity index is 954. The zero-order valence-electron chi connectivity index (χ0n) is 15.9. The van der Waals surface area contributed by atoms with Crippen LogP contribution in [0.25, 0.3) is 11.0 Å². The molecule has 1 aliphatic rings. The fraction of sp³-hybridized carbons (Fsp3) is 0.450. The first-order chi connectivity index (χ1) is 12.6. The van der Waals surface area contributed by atoms with Gasteiger partial charge >= 0.3 is 17.6 Å². The summed E-state index contributed by atoms with van der Waals surface area (Å²) in [6.07, 6.45) is -1.69. The van der Waals surface area contributed by atoms with Crippen molar-refractivity contribution in [3.8, 4) is 5.75 Å². The van der Waals surface area contributed by atoms with Crippen molar-refractivity contribution >= 4 is 22.9 Å². The van der Waals surface area contributed by atoms with Crippen LogP contribution in [0, 0.1) is 5.92 Å². The van der Waals surface area contributed by atoms with Gasteiger partial charge < -0.3 is 18.6 Å². The Morgan fingerprint density at radius 2 is 1.81 bits per heavy atom. The molecule has 0 spiro atoms. The van der Waals surface area contributed by atoms with Crippen LogP contribution < -0.4 is 10.4 Å². The molecule has 144 valence electrons. The molecule has 0 radical (unpaired) electrons. The van der Waals surface area contributed by atoms with Gasteiger partial charge in [-0.3, -0.25) is 9.59 Å². The second kappa shape index (κ2) is 6.72. The van der Waals surface area contributed by atoms with E-state index in [9.17, 15) is 14.4 Å². The molecule has 0 amide bonds. The Balaban J connectivity index is 2.15. The lowest BCUT2D eigenvalue weighted by molar-refractivity contribution is -0.177. The van der Waals surface area contributed by atoms with Gasteiger partial charge in [-0.25, -0.2) is 4.79 Å². The van der Waals surface area contributed by atoms with E-state index in [0.717, 1.165) is 0 Å². The molecule has 7 nitrogen and oxygen atoms in total. The van der Waals surface area contributed by atoms with E-state index in [4.69, 9.17) is 18.6 Å². The third-order valence-electron chi connectivity index (χ3n) is 4.41. The fourth-order valence-electron chi connectivity index (χ4n) is 3.17. The lowest BCUT2D eigenvalue weighted by atomic mass is 9.93. The number of carbonyl (C=O) groups excluding carboxylic acids is 2. The van der Waals surface area contributed by atoms with E-state index >= 15 is 0 Å². The Morgan fingerprint density at radius 3 is 2.44 bits per heavy atom. The van der Waals surface area contributed by atoms with Crippen molar-refractivity contribution < 1.29 is 28.2 Å². The molecule has 0 saturated heterocycles. The highest BCUT2D eigenvalue weighted by atomic mass is 16.6. The largest absolute Gasteiger partial charge is 0.481 e. The molecule has 0 bridgehead atoms. The number of rotatable bonds is 4. The molecule has 3 rings (SSSR count). The van der Waals surface area contributed by atoms with Gasteiger partial charge in [0.15, 0.2) is 12.2 Å². The highest BCUT2D eigenvalue weighted by Gasteiger charge is 2.50. The van der Waals surface area contributed by atoms with E-state index in [0.29, 0.717) is 22.3 Å². The molecule has 2 atom stereocenters. The van der Waals surface area contributed by atoms with Gasteiger partial charge in [0.2, 0.25) is 0 Å². The van der Waals surface area contributed by atoms with Crippen molar-refractivity contribution in [1.82, 2.24) is 0 Å². The number of esters is 2. The van der Waals surface area contributed by atoms with Gasteiger partial charge in [0.1, 0.15) is 16.9 Å². The lowest BCUT2D eigenvalue weighted by Crippen LogP contribution is -2.46. The first-order valence-corrected chi connectivity index (χ1v) is 8.73. The van der Waals surface area contributed by atoms with Gasteiger partial charge in [0, 0.05) is 18.4 Å².